The molecule has 2 amide bonds. The Morgan fingerprint density at radius 2 is 2.05 bits per heavy atom. The quantitative estimate of drug-likeness (QED) is 0.373. The van der Waals surface area contributed by atoms with E-state index in [-0.39, 0.29) is 24.1 Å². The summed E-state index contributed by atoms with van der Waals surface area (Å²) >= 11 is 1.27. The second kappa shape index (κ2) is 13.1. The molecule has 200 valence electrons. The number of nitrogens with zero attached hydrogens (tertiary/aromatic N) is 4. The van der Waals surface area contributed by atoms with Crippen molar-refractivity contribution in [2.75, 3.05) is 20.1 Å². The molecule has 1 unspecified atom stereocenters. The Hall–Kier alpha value is -3.52. The number of unbranched alkanes of at least 4 members (excludes halogenated alkanes) is 1. The van der Waals surface area contributed by atoms with Gasteiger partial charge in [0.15, 0.2) is 5.84 Å². The number of rotatable bonds is 11. The van der Waals surface area contributed by atoms with E-state index < -0.39 is 12.3 Å². The van der Waals surface area contributed by atoms with Crippen molar-refractivity contribution in [3.8, 4) is 5.75 Å². The number of alkyl halides is 3. The molecule has 0 fully saturated rings. The van der Waals surface area contributed by atoms with Crippen LogP contribution >= 0.6 is 11.3 Å². The monoisotopic (exact) mass is 539 g/mol. The smallest absolute Gasteiger partial charge is 0.406 e. The van der Waals surface area contributed by atoms with Gasteiger partial charge in [0.25, 0.3) is 5.91 Å². The highest BCUT2D eigenvalue weighted by molar-refractivity contribution is 7.13. The van der Waals surface area contributed by atoms with Crippen LogP contribution in [0.25, 0.3) is 0 Å². The van der Waals surface area contributed by atoms with Crippen molar-refractivity contribution in [1.82, 2.24) is 25.8 Å². The third kappa shape index (κ3) is 9.46. The number of aryl methyl sites for hydroxylation is 1. The van der Waals surface area contributed by atoms with Crippen molar-refractivity contribution in [1.29, 1.82) is 0 Å². The highest BCUT2D eigenvalue weighted by atomic mass is 32.1. The fourth-order valence-electron chi connectivity index (χ4n) is 3.52. The summed E-state index contributed by atoms with van der Waals surface area (Å²) in [5, 5.41) is 20.6. The summed E-state index contributed by atoms with van der Waals surface area (Å²) < 4.78 is 41.1. The van der Waals surface area contributed by atoms with E-state index in [9.17, 15) is 22.8 Å². The van der Waals surface area contributed by atoms with Crippen molar-refractivity contribution < 1.29 is 27.5 Å². The van der Waals surface area contributed by atoms with Crippen LogP contribution in [-0.4, -0.2) is 65.4 Å². The second-order valence-corrected chi connectivity index (χ2v) is 9.26. The van der Waals surface area contributed by atoms with E-state index in [0.717, 1.165) is 24.3 Å². The van der Waals surface area contributed by atoms with Gasteiger partial charge in [-0.2, -0.15) is 5.10 Å². The summed E-state index contributed by atoms with van der Waals surface area (Å²) in [4.78, 5) is 24.2. The zero-order valence-electron chi connectivity index (χ0n) is 20.1. The molecule has 0 saturated heterocycles. The summed E-state index contributed by atoms with van der Waals surface area (Å²) in [6.07, 6.45) is 2.01. The summed E-state index contributed by atoms with van der Waals surface area (Å²) in [6, 6.07) is 5.33. The van der Waals surface area contributed by atoms with E-state index in [1.165, 1.54) is 29.5 Å². The lowest BCUT2D eigenvalue weighted by molar-refractivity contribution is -0.274. The van der Waals surface area contributed by atoms with Gasteiger partial charge in [0, 0.05) is 26.6 Å². The summed E-state index contributed by atoms with van der Waals surface area (Å²) in [5.41, 5.74) is 5.75. The number of carbonyl (C=O) groups excluding carboxylic acids is 2. The lowest BCUT2D eigenvalue weighted by Gasteiger charge is -2.26. The van der Waals surface area contributed by atoms with Gasteiger partial charge < -0.3 is 21.1 Å². The summed E-state index contributed by atoms with van der Waals surface area (Å²) in [5.74, 6) is -0.712. The van der Waals surface area contributed by atoms with Gasteiger partial charge in [-0.1, -0.05) is 36.0 Å². The van der Waals surface area contributed by atoms with Gasteiger partial charge in [-0.3, -0.25) is 14.6 Å². The molecule has 1 aromatic heterocycles. The number of likely N-dealkylation sites (N-methyl/N-ethyl adjacent to an activating group) is 1. The molecule has 2 heterocycles. The molecule has 3 rings (SSSR count). The molecule has 10 nitrogen and oxygen atoms in total. The molecule has 0 radical (unpaired) electrons. The normalized spacial score (nSPS) is 15.3. The van der Waals surface area contributed by atoms with Gasteiger partial charge in [0.1, 0.15) is 10.8 Å². The highest BCUT2D eigenvalue weighted by Crippen LogP contribution is 2.23. The number of ether oxygens (including phenoxy) is 1. The van der Waals surface area contributed by atoms with Crippen LogP contribution in [-0.2, 0) is 17.6 Å². The Bertz CT molecular complexity index is 1140. The van der Waals surface area contributed by atoms with Crippen LogP contribution in [0.2, 0.25) is 0 Å². The van der Waals surface area contributed by atoms with Crippen LogP contribution in [0.3, 0.4) is 0 Å². The summed E-state index contributed by atoms with van der Waals surface area (Å²) in [6.45, 7) is 0.747. The van der Waals surface area contributed by atoms with Crippen molar-refractivity contribution >= 4 is 29.0 Å². The first kappa shape index (κ1) is 28.1. The third-order valence-electron chi connectivity index (χ3n) is 5.22. The molecule has 2 aromatic rings. The Balaban J connectivity index is 1.40. The molecule has 1 atom stereocenters. The minimum absolute atomic E-state index is 0.0453. The number of hydrazone groups is 1. The molecule has 1 aromatic carbocycles. The van der Waals surface area contributed by atoms with E-state index in [1.54, 1.807) is 24.2 Å². The number of nitrogens with two attached hydrogens (primary N) is 1. The topological polar surface area (TPSA) is 135 Å². The van der Waals surface area contributed by atoms with Gasteiger partial charge in [0.2, 0.25) is 10.9 Å². The van der Waals surface area contributed by atoms with Crippen molar-refractivity contribution in [2.24, 2.45) is 10.8 Å². The van der Waals surface area contributed by atoms with Crippen molar-refractivity contribution in [3.05, 3.63) is 52.0 Å². The number of nitrogens with one attached hydrogen (secondary N) is 2. The molecule has 0 bridgehead atoms. The van der Waals surface area contributed by atoms with Gasteiger partial charge in [-0.25, -0.2) is 0 Å². The fraction of sp³-hybridized carbons (Fsp3) is 0.435. The fourth-order valence-corrected chi connectivity index (χ4v) is 4.31. The number of hydrogen-bond donors (Lipinski definition) is 3. The van der Waals surface area contributed by atoms with E-state index in [0.29, 0.717) is 35.9 Å². The minimum atomic E-state index is -4.80. The van der Waals surface area contributed by atoms with Crippen molar-refractivity contribution in [2.45, 2.75) is 44.5 Å². The third-order valence-corrected chi connectivity index (χ3v) is 6.20. The lowest BCUT2D eigenvalue weighted by Crippen LogP contribution is -2.37. The predicted molar refractivity (Wildman–Crippen MR) is 132 cm³/mol. The maximum absolute atomic E-state index is 12.4. The van der Waals surface area contributed by atoms with Crippen LogP contribution in [0.1, 0.15) is 39.6 Å². The Morgan fingerprint density at radius 3 is 2.78 bits per heavy atom. The van der Waals surface area contributed by atoms with Crippen LogP contribution in [0.4, 0.5) is 13.2 Å². The van der Waals surface area contributed by atoms with Gasteiger partial charge in [-0.05, 0) is 36.6 Å². The number of aromatic nitrogens is 2. The molecule has 0 spiro atoms. The molecular weight excluding hydrogens is 511 g/mol. The average molecular weight is 540 g/mol. The number of carbonyl (C=O) groups is 2. The second-order valence-electron chi connectivity index (χ2n) is 8.20. The average Bonchev–Trinajstić information content (AvgIpc) is 3.29. The predicted octanol–water partition coefficient (Wildman–Crippen LogP) is 2.38. The molecule has 14 heteroatoms. The number of halogens is 3. The van der Waals surface area contributed by atoms with Crippen LogP contribution in [0.15, 0.2) is 41.5 Å². The molecule has 37 heavy (non-hydrogen) atoms. The zero-order valence-corrected chi connectivity index (χ0v) is 20.9. The largest absolute Gasteiger partial charge is 0.573 e. The number of hydrogen-bond acceptors (Lipinski definition) is 9. The zero-order chi connectivity index (χ0) is 26.8. The molecule has 1 aliphatic heterocycles. The maximum atomic E-state index is 12.4. The molecule has 1 aliphatic rings. The number of benzene rings is 1. The SMILES string of the molecule is CN1N=C(NC(=O)Cc2cccc(OC(F)(F)F)c2)C=CC1CCCCc1nnc(C(=O)NCCN)s1. The molecule has 0 aliphatic carbocycles. The first-order chi connectivity index (χ1) is 17.6. The van der Waals surface area contributed by atoms with Gasteiger partial charge in [-0.15, -0.1) is 23.4 Å². The molecule has 4 N–H and O–H groups in total. The van der Waals surface area contributed by atoms with E-state index in [1.807, 2.05) is 6.08 Å². The maximum Gasteiger partial charge on any atom is 0.573 e. The first-order valence-electron chi connectivity index (χ1n) is 11.6. The Morgan fingerprint density at radius 1 is 1.24 bits per heavy atom. The number of amidine groups is 1. The Kier molecular flexibility index (Phi) is 9.97. The van der Waals surface area contributed by atoms with Crippen LogP contribution < -0.4 is 21.1 Å². The van der Waals surface area contributed by atoms with E-state index >= 15 is 0 Å². The van der Waals surface area contributed by atoms with E-state index in [4.69, 9.17) is 5.73 Å². The standard InChI is InChI=1S/C23H28F3N7O3S/c1-33-16(6-2-3-8-20-30-31-22(37-20)21(35)28-12-11-27)9-10-18(32-33)29-19(34)14-15-5-4-7-17(13-15)36-23(24,25)26/h4-5,7,9-10,13,16H,2-3,6,8,11-12,14,27H2,1H3,(H,28,35)(H,29,32,34). The van der Waals surface area contributed by atoms with Crippen LogP contribution in [0.5, 0.6) is 5.75 Å². The highest BCUT2D eigenvalue weighted by Gasteiger charge is 2.31. The number of amides is 2. The van der Waals surface area contributed by atoms with Gasteiger partial charge in [0.05, 0.1) is 12.5 Å². The Labute approximate surface area is 215 Å². The van der Waals surface area contributed by atoms with Crippen LogP contribution in [0, 0.1) is 0 Å². The molecule has 0 saturated carbocycles. The van der Waals surface area contributed by atoms with Crippen molar-refractivity contribution in [3.63, 3.8) is 0 Å². The molecular formula is C23H28F3N7O3S. The van der Waals surface area contributed by atoms with Gasteiger partial charge >= 0.3 is 6.36 Å². The van der Waals surface area contributed by atoms with E-state index in [2.05, 4.69) is 30.7 Å². The first-order valence-corrected chi connectivity index (χ1v) is 12.4. The summed E-state index contributed by atoms with van der Waals surface area (Å²) in [7, 11) is 1.80. The lowest BCUT2D eigenvalue weighted by atomic mass is 10.1. The minimum Gasteiger partial charge on any atom is -0.406 e.